The van der Waals surface area contributed by atoms with Crippen LogP contribution in [0.2, 0.25) is 5.02 Å². The molecule has 250 valence electrons. The maximum Gasteiger partial charge on any atom is 0.407 e. The van der Waals surface area contributed by atoms with Crippen LogP contribution >= 0.6 is 11.6 Å². The quantitative estimate of drug-likeness (QED) is 0.174. The van der Waals surface area contributed by atoms with Gasteiger partial charge in [-0.25, -0.2) is 9.18 Å². The summed E-state index contributed by atoms with van der Waals surface area (Å²) >= 11 is 6.78. The van der Waals surface area contributed by atoms with Crippen LogP contribution < -0.4 is 20.9 Å². The molecule has 1 amide bonds. The second kappa shape index (κ2) is 13.0. The number of pyridine rings is 1. The number of ether oxygens (including phenoxy) is 2. The fourth-order valence-corrected chi connectivity index (χ4v) is 7.88. The number of nitrogens with one attached hydrogen (secondary N) is 4. The minimum atomic E-state index is -0.739. The van der Waals surface area contributed by atoms with Crippen LogP contribution in [0.25, 0.3) is 33.1 Å². The third-order valence-electron chi connectivity index (χ3n) is 10.1. The van der Waals surface area contributed by atoms with E-state index in [9.17, 15) is 9.59 Å². The van der Waals surface area contributed by atoms with Crippen molar-refractivity contribution in [2.24, 2.45) is 0 Å². The van der Waals surface area contributed by atoms with Gasteiger partial charge in [0.1, 0.15) is 17.8 Å². The van der Waals surface area contributed by atoms with E-state index in [0.717, 1.165) is 58.2 Å². The number of carbonyl (C=O) groups is 1. The molecule has 7 rings (SSSR count). The molecule has 4 N–H and O–H groups in total. The number of benzene rings is 1. The predicted octanol–water partition coefficient (Wildman–Crippen LogP) is 4.85. The first-order valence-corrected chi connectivity index (χ1v) is 16.9. The molecule has 0 radical (unpaired) electrons. The zero-order valence-electron chi connectivity index (χ0n) is 26.5. The van der Waals surface area contributed by atoms with Crippen LogP contribution in [0, 0.1) is 5.82 Å². The Hall–Kier alpha value is -3.81. The number of halogens is 2. The molecule has 3 aromatic heterocycles. The van der Waals surface area contributed by atoms with Gasteiger partial charge in [-0.05, 0) is 96.0 Å². The number of hydrogen-bond donors (Lipinski definition) is 4. The Kier molecular flexibility index (Phi) is 8.79. The number of fused-ring (bicyclic) bond motifs is 3. The van der Waals surface area contributed by atoms with Crippen molar-refractivity contribution in [2.45, 2.75) is 75.8 Å². The molecular weight excluding hydrogens is 627 g/mol. The molecule has 14 heteroatoms. The number of piperidine rings is 1. The highest BCUT2D eigenvalue weighted by molar-refractivity contribution is 6.33. The number of carbonyl (C=O) groups excluding carboxylic acids is 1. The third-order valence-corrected chi connectivity index (χ3v) is 10.4. The fraction of sp³-hybridized carbons (Fsp3) is 0.545. The van der Waals surface area contributed by atoms with Crippen LogP contribution in [0.15, 0.2) is 23.3 Å². The van der Waals surface area contributed by atoms with E-state index in [0.29, 0.717) is 59.5 Å². The zero-order chi connectivity index (χ0) is 32.6. The molecule has 3 fully saturated rings. The number of rotatable bonds is 10. The van der Waals surface area contributed by atoms with Gasteiger partial charge in [0, 0.05) is 28.7 Å². The number of amides is 1. The summed E-state index contributed by atoms with van der Waals surface area (Å²) in [5, 5.41) is 14.4. The molecule has 12 nitrogen and oxygen atoms in total. The molecule has 47 heavy (non-hydrogen) atoms. The lowest BCUT2D eigenvalue weighted by atomic mass is 9.93. The average molecular weight is 667 g/mol. The van der Waals surface area contributed by atoms with Crippen LogP contribution in [0.5, 0.6) is 6.01 Å². The van der Waals surface area contributed by atoms with Crippen molar-refractivity contribution in [2.75, 3.05) is 39.4 Å². The normalized spacial score (nSPS) is 20.9. The van der Waals surface area contributed by atoms with E-state index in [2.05, 4.69) is 40.7 Å². The van der Waals surface area contributed by atoms with Gasteiger partial charge in [-0.2, -0.15) is 10.1 Å². The lowest BCUT2D eigenvalue weighted by molar-refractivity contribution is 0.107. The van der Waals surface area contributed by atoms with Crippen molar-refractivity contribution in [1.82, 2.24) is 40.7 Å². The van der Waals surface area contributed by atoms with Gasteiger partial charge in [0.05, 0.1) is 34.8 Å². The average Bonchev–Trinajstić information content (AvgIpc) is 3.77. The maximum atomic E-state index is 16.5. The van der Waals surface area contributed by atoms with Gasteiger partial charge in [0.2, 0.25) is 0 Å². The molecule has 1 atom stereocenters. The standard InChI is InChI=1S/C33H40ClFN8O4/c1-32(8-4-11-36-18-32)41-31(45)46-14-3-2-7-20-23(34)15-24-21(17-38-42-24)25(20)28-26(35)27-22(16-37-28)29(44)40-30(39-27)47-19-33-9-5-12-43(33)13-6-10-33/h15-17,36H,2-14,18-19H2,1H3,(H,38,42)(H,41,45)(H,39,40,44). The minimum Gasteiger partial charge on any atom is -0.463 e. The summed E-state index contributed by atoms with van der Waals surface area (Å²) in [5.41, 5.74) is 0.781. The molecule has 0 spiro atoms. The second-order valence-electron chi connectivity index (χ2n) is 13.4. The van der Waals surface area contributed by atoms with Gasteiger partial charge in [-0.3, -0.25) is 24.8 Å². The summed E-state index contributed by atoms with van der Waals surface area (Å²) in [4.78, 5) is 39.4. The van der Waals surface area contributed by atoms with Crippen LogP contribution in [0.1, 0.15) is 63.9 Å². The number of alkyl carbamates (subject to hydrolysis) is 1. The SMILES string of the molecule is CC1(NC(=O)OCCCCc2c(Cl)cc3[nH]ncc3c2-c2ncc3c(=O)[nH]c(OCC45CCCN4CCC5)nc3c2F)CCCNC1. The van der Waals surface area contributed by atoms with Crippen LogP contribution in [0.3, 0.4) is 0 Å². The van der Waals surface area contributed by atoms with Gasteiger partial charge in [0.15, 0.2) is 5.82 Å². The van der Waals surface area contributed by atoms with Crippen molar-refractivity contribution < 1.29 is 18.7 Å². The first-order chi connectivity index (χ1) is 22.8. The van der Waals surface area contributed by atoms with Crippen molar-refractivity contribution in [1.29, 1.82) is 0 Å². The van der Waals surface area contributed by atoms with Gasteiger partial charge in [0.25, 0.3) is 11.6 Å². The van der Waals surface area contributed by atoms with E-state index in [4.69, 9.17) is 21.1 Å². The highest BCUT2D eigenvalue weighted by Gasteiger charge is 2.45. The van der Waals surface area contributed by atoms with E-state index < -0.39 is 17.5 Å². The van der Waals surface area contributed by atoms with E-state index in [1.54, 1.807) is 12.3 Å². The van der Waals surface area contributed by atoms with E-state index in [-0.39, 0.29) is 40.3 Å². The highest BCUT2D eigenvalue weighted by atomic mass is 35.5. The van der Waals surface area contributed by atoms with Crippen molar-refractivity contribution in [3.8, 4) is 17.3 Å². The van der Waals surface area contributed by atoms with E-state index in [1.165, 1.54) is 6.20 Å². The Morgan fingerprint density at radius 3 is 2.77 bits per heavy atom. The summed E-state index contributed by atoms with van der Waals surface area (Å²) < 4.78 is 28.0. The monoisotopic (exact) mass is 666 g/mol. The Bertz CT molecular complexity index is 1850. The lowest BCUT2D eigenvalue weighted by Crippen LogP contribution is -2.55. The van der Waals surface area contributed by atoms with Crippen LogP contribution in [-0.4, -0.2) is 86.6 Å². The van der Waals surface area contributed by atoms with Crippen molar-refractivity contribution in [3.05, 3.63) is 45.2 Å². The molecule has 3 saturated heterocycles. The number of hydrogen-bond acceptors (Lipinski definition) is 9. The number of unbranched alkanes of at least 4 members (excludes halogenated alkanes) is 1. The first-order valence-electron chi connectivity index (χ1n) is 16.5. The van der Waals surface area contributed by atoms with Gasteiger partial charge in [-0.1, -0.05) is 11.6 Å². The Labute approximate surface area is 276 Å². The predicted molar refractivity (Wildman–Crippen MR) is 176 cm³/mol. The van der Waals surface area contributed by atoms with Gasteiger partial charge in [-0.15, -0.1) is 0 Å². The Balaban J connectivity index is 1.11. The van der Waals surface area contributed by atoms with Crippen LogP contribution in [-0.2, 0) is 11.2 Å². The Morgan fingerprint density at radius 1 is 1.15 bits per heavy atom. The van der Waals surface area contributed by atoms with Gasteiger partial charge >= 0.3 is 6.09 Å². The molecule has 3 aliphatic heterocycles. The van der Waals surface area contributed by atoms with E-state index in [1.807, 2.05) is 6.92 Å². The van der Waals surface area contributed by atoms with E-state index >= 15 is 4.39 Å². The van der Waals surface area contributed by atoms with Crippen molar-refractivity contribution in [3.63, 3.8) is 0 Å². The minimum absolute atomic E-state index is 0.00997. The second-order valence-corrected chi connectivity index (χ2v) is 13.8. The highest BCUT2D eigenvalue weighted by Crippen LogP contribution is 2.40. The van der Waals surface area contributed by atoms with Gasteiger partial charge < -0.3 is 20.1 Å². The maximum absolute atomic E-state index is 16.5. The molecule has 0 bridgehead atoms. The fourth-order valence-electron chi connectivity index (χ4n) is 7.58. The summed E-state index contributed by atoms with van der Waals surface area (Å²) in [6.07, 6.45) is 10.3. The number of nitrogens with zero attached hydrogens (tertiary/aromatic N) is 4. The molecular formula is C33H40ClFN8O4. The smallest absolute Gasteiger partial charge is 0.407 e. The number of H-pyrrole nitrogens is 2. The summed E-state index contributed by atoms with van der Waals surface area (Å²) in [6, 6.07) is 1.75. The lowest BCUT2D eigenvalue weighted by Gasteiger charge is -2.34. The Morgan fingerprint density at radius 2 is 1.98 bits per heavy atom. The molecule has 4 aromatic rings. The van der Waals surface area contributed by atoms with Crippen molar-refractivity contribution >= 4 is 39.5 Å². The number of aromatic nitrogens is 5. The summed E-state index contributed by atoms with van der Waals surface area (Å²) in [7, 11) is 0. The molecule has 3 aliphatic rings. The number of aromatic amines is 2. The topological polar surface area (TPSA) is 150 Å². The zero-order valence-corrected chi connectivity index (χ0v) is 27.3. The molecule has 6 heterocycles. The molecule has 1 aromatic carbocycles. The molecule has 0 saturated carbocycles. The summed E-state index contributed by atoms with van der Waals surface area (Å²) in [5.74, 6) is -0.739. The molecule has 0 aliphatic carbocycles. The largest absolute Gasteiger partial charge is 0.463 e. The van der Waals surface area contributed by atoms with Crippen LogP contribution in [0.4, 0.5) is 9.18 Å². The third kappa shape index (κ3) is 6.28. The molecule has 1 unspecified atom stereocenters. The first kappa shape index (κ1) is 31.8. The summed E-state index contributed by atoms with van der Waals surface area (Å²) in [6.45, 7) is 6.36.